The Bertz CT molecular complexity index is 848. The van der Waals surface area contributed by atoms with Gasteiger partial charge in [0.1, 0.15) is 12.3 Å². The number of nitrogens with zero attached hydrogens (tertiary/aromatic N) is 3. The summed E-state index contributed by atoms with van der Waals surface area (Å²) in [4.78, 5) is 19.8. The van der Waals surface area contributed by atoms with Gasteiger partial charge >= 0.3 is 6.18 Å². The Kier molecular flexibility index (Phi) is 5.31. The summed E-state index contributed by atoms with van der Waals surface area (Å²) in [6.45, 7) is 2.63. The molecule has 5 nitrogen and oxygen atoms in total. The van der Waals surface area contributed by atoms with Gasteiger partial charge in [0.05, 0.1) is 12.1 Å². The minimum Gasteiger partial charge on any atom is -0.363 e. The third-order valence-corrected chi connectivity index (χ3v) is 5.61. The first-order chi connectivity index (χ1) is 13.8. The van der Waals surface area contributed by atoms with E-state index >= 15 is 0 Å². The summed E-state index contributed by atoms with van der Waals surface area (Å²) in [5.74, 6) is -0.0416. The fraction of sp³-hybridized carbons (Fsp3) is 0.429. The molecule has 8 heteroatoms. The molecule has 2 aliphatic rings. The lowest BCUT2D eigenvalue weighted by atomic mass is 9.89. The summed E-state index contributed by atoms with van der Waals surface area (Å²) in [6.07, 6.45) is -1.61. The van der Waals surface area contributed by atoms with E-state index in [4.69, 9.17) is 4.74 Å². The van der Waals surface area contributed by atoms with Crippen molar-refractivity contribution < 1.29 is 22.7 Å². The van der Waals surface area contributed by atoms with E-state index in [0.717, 1.165) is 43.2 Å². The fourth-order valence-corrected chi connectivity index (χ4v) is 3.92. The van der Waals surface area contributed by atoms with Crippen LogP contribution in [0, 0.1) is 0 Å². The number of anilines is 1. The summed E-state index contributed by atoms with van der Waals surface area (Å²) < 4.78 is 43.9. The zero-order valence-corrected chi connectivity index (χ0v) is 15.9. The lowest BCUT2D eigenvalue weighted by Gasteiger charge is -2.47. The molecule has 4 rings (SSSR count). The minimum atomic E-state index is -4.42. The van der Waals surface area contributed by atoms with E-state index in [2.05, 4.69) is 9.88 Å². The number of alkyl halides is 3. The summed E-state index contributed by atoms with van der Waals surface area (Å²) in [7, 11) is 0. The Morgan fingerprint density at radius 2 is 1.79 bits per heavy atom. The molecule has 0 N–H and O–H groups in total. The largest absolute Gasteiger partial charge is 0.433 e. The van der Waals surface area contributed by atoms with Gasteiger partial charge in [-0.2, -0.15) is 13.2 Å². The lowest BCUT2D eigenvalue weighted by molar-refractivity contribution is -0.145. The van der Waals surface area contributed by atoms with Crippen molar-refractivity contribution in [1.82, 2.24) is 9.88 Å². The molecule has 2 fully saturated rings. The van der Waals surface area contributed by atoms with Crippen molar-refractivity contribution in [1.29, 1.82) is 0 Å². The average molecular weight is 405 g/mol. The molecule has 0 atom stereocenters. The number of carbonyl (C=O) groups is 1. The molecule has 1 aromatic carbocycles. The number of halogens is 3. The van der Waals surface area contributed by atoms with Crippen LogP contribution in [0.25, 0.3) is 0 Å². The predicted molar refractivity (Wildman–Crippen MR) is 101 cm³/mol. The first-order valence-corrected chi connectivity index (χ1v) is 9.59. The van der Waals surface area contributed by atoms with E-state index in [-0.39, 0.29) is 18.1 Å². The monoisotopic (exact) mass is 405 g/mol. The van der Waals surface area contributed by atoms with Crippen LogP contribution >= 0.6 is 0 Å². The molecule has 2 aliphatic heterocycles. The number of amides is 1. The van der Waals surface area contributed by atoms with Crippen molar-refractivity contribution in [2.45, 2.75) is 31.2 Å². The van der Waals surface area contributed by atoms with Gasteiger partial charge < -0.3 is 9.64 Å². The Hall–Kier alpha value is -2.45. The van der Waals surface area contributed by atoms with Crippen LogP contribution in [0.4, 0.5) is 18.9 Å². The van der Waals surface area contributed by atoms with Gasteiger partial charge in [0.25, 0.3) is 5.91 Å². The molecule has 0 saturated carbocycles. The van der Waals surface area contributed by atoms with Gasteiger partial charge in [-0.15, -0.1) is 0 Å². The Morgan fingerprint density at radius 3 is 2.41 bits per heavy atom. The van der Waals surface area contributed by atoms with E-state index < -0.39 is 11.9 Å². The number of hydrogen-bond donors (Lipinski definition) is 0. The normalized spacial score (nSPS) is 20.2. The summed E-state index contributed by atoms with van der Waals surface area (Å²) in [6, 6.07) is 12.1. The quantitative estimate of drug-likeness (QED) is 0.784. The number of ether oxygens (including phenoxy) is 1. The topological polar surface area (TPSA) is 45.7 Å². The van der Waals surface area contributed by atoms with Crippen molar-refractivity contribution in [3.8, 4) is 0 Å². The molecule has 2 saturated heterocycles. The number of rotatable bonds is 3. The third kappa shape index (κ3) is 4.43. The molecule has 1 spiro atoms. The zero-order valence-electron chi connectivity index (χ0n) is 15.9. The van der Waals surface area contributed by atoms with E-state index in [0.29, 0.717) is 13.1 Å². The predicted octanol–water partition coefficient (Wildman–Crippen LogP) is 3.50. The van der Waals surface area contributed by atoms with Crippen LogP contribution in [0.1, 0.15) is 24.1 Å². The average Bonchev–Trinajstić information content (AvgIpc) is 2.72. The zero-order chi connectivity index (χ0) is 20.5. The van der Waals surface area contributed by atoms with E-state index in [9.17, 15) is 18.0 Å². The highest BCUT2D eigenvalue weighted by Gasteiger charge is 2.42. The second-order valence-corrected chi connectivity index (χ2v) is 7.61. The van der Waals surface area contributed by atoms with Crippen molar-refractivity contribution in [3.63, 3.8) is 0 Å². The highest BCUT2D eigenvalue weighted by atomic mass is 19.4. The molecule has 0 bridgehead atoms. The van der Waals surface area contributed by atoms with Gasteiger partial charge in [-0.25, -0.2) is 0 Å². The van der Waals surface area contributed by atoms with Gasteiger partial charge in [0, 0.05) is 31.5 Å². The van der Waals surface area contributed by atoms with E-state index in [1.165, 1.54) is 12.3 Å². The van der Waals surface area contributed by atoms with Crippen molar-refractivity contribution in [3.05, 3.63) is 59.9 Å². The van der Waals surface area contributed by atoms with Crippen LogP contribution in [0.3, 0.4) is 0 Å². The van der Waals surface area contributed by atoms with Crippen LogP contribution in [0.2, 0.25) is 0 Å². The Balaban J connectivity index is 1.37. The summed E-state index contributed by atoms with van der Waals surface area (Å²) in [5, 5.41) is 0. The molecule has 0 radical (unpaired) electrons. The van der Waals surface area contributed by atoms with Gasteiger partial charge in [-0.3, -0.25) is 14.7 Å². The second-order valence-electron chi connectivity index (χ2n) is 7.61. The molecular weight excluding hydrogens is 383 g/mol. The number of pyridine rings is 1. The molecule has 0 unspecified atom stereocenters. The minimum absolute atomic E-state index is 0.0416. The molecule has 154 valence electrons. The van der Waals surface area contributed by atoms with Crippen LogP contribution in [-0.4, -0.2) is 47.6 Å². The molecule has 0 aliphatic carbocycles. The third-order valence-electron chi connectivity index (χ3n) is 5.61. The highest BCUT2D eigenvalue weighted by molar-refractivity contribution is 5.95. The lowest BCUT2D eigenvalue weighted by Crippen LogP contribution is -2.58. The highest BCUT2D eigenvalue weighted by Crippen LogP contribution is 2.33. The molecular formula is C21H22F3N3O2. The van der Waals surface area contributed by atoms with Gasteiger partial charge in [-0.05, 0) is 36.6 Å². The SMILES string of the molecule is O=C1COC2(CCN(Cc3ccc(C(F)(F)F)nc3)CC2)CN1c1ccccc1. The van der Waals surface area contributed by atoms with E-state index in [1.807, 2.05) is 30.3 Å². The maximum Gasteiger partial charge on any atom is 0.433 e. The number of piperidine rings is 1. The maximum absolute atomic E-state index is 12.6. The van der Waals surface area contributed by atoms with Crippen LogP contribution in [0.5, 0.6) is 0 Å². The first-order valence-electron chi connectivity index (χ1n) is 9.59. The molecule has 29 heavy (non-hydrogen) atoms. The van der Waals surface area contributed by atoms with Gasteiger partial charge in [0.15, 0.2) is 0 Å². The number of morpholine rings is 1. The standard InChI is InChI=1S/C21H22F3N3O2/c22-21(23,24)18-7-6-16(12-25-18)13-26-10-8-20(9-11-26)15-27(19(28)14-29-20)17-4-2-1-3-5-17/h1-7,12H,8-11,13-15H2. The Labute approximate surface area is 167 Å². The Morgan fingerprint density at radius 1 is 1.07 bits per heavy atom. The van der Waals surface area contributed by atoms with Crippen molar-refractivity contribution in [2.75, 3.05) is 31.1 Å². The molecule has 1 amide bonds. The van der Waals surface area contributed by atoms with E-state index in [1.54, 1.807) is 4.90 Å². The number of benzene rings is 1. The first kappa shape index (κ1) is 19.8. The summed E-state index contributed by atoms with van der Waals surface area (Å²) >= 11 is 0. The van der Waals surface area contributed by atoms with Crippen LogP contribution in [0.15, 0.2) is 48.7 Å². The smallest absolute Gasteiger partial charge is 0.363 e. The number of para-hydroxylation sites is 1. The van der Waals surface area contributed by atoms with Crippen molar-refractivity contribution >= 4 is 11.6 Å². The number of aromatic nitrogens is 1. The van der Waals surface area contributed by atoms with Crippen LogP contribution < -0.4 is 4.90 Å². The number of likely N-dealkylation sites (tertiary alicyclic amines) is 1. The maximum atomic E-state index is 12.6. The number of carbonyl (C=O) groups excluding carboxylic acids is 1. The number of hydrogen-bond acceptors (Lipinski definition) is 4. The van der Waals surface area contributed by atoms with Gasteiger partial charge in [-0.1, -0.05) is 24.3 Å². The second kappa shape index (κ2) is 7.76. The molecule has 3 heterocycles. The fourth-order valence-electron chi connectivity index (χ4n) is 3.92. The molecule has 1 aromatic heterocycles. The summed E-state index contributed by atoms with van der Waals surface area (Å²) in [5.41, 5.74) is 0.372. The van der Waals surface area contributed by atoms with Gasteiger partial charge in [0.2, 0.25) is 0 Å². The van der Waals surface area contributed by atoms with Crippen molar-refractivity contribution in [2.24, 2.45) is 0 Å². The van der Waals surface area contributed by atoms with Crippen LogP contribution in [-0.2, 0) is 22.3 Å². The molecule has 2 aromatic rings.